The Morgan fingerprint density at radius 2 is 2.06 bits per heavy atom. The van der Waals surface area contributed by atoms with E-state index in [1.54, 1.807) is 12.3 Å². The van der Waals surface area contributed by atoms with Crippen LogP contribution in [0.15, 0.2) is 52.4 Å². The van der Waals surface area contributed by atoms with Crippen molar-refractivity contribution in [2.45, 2.75) is 22.8 Å². The highest BCUT2D eigenvalue weighted by Gasteiger charge is 2.02. The zero-order valence-corrected chi connectivity index (χ0v) is 10.2. The zero-order chi connectivity index (χ0) is 12.3. The van der Waals surface area contributed by atoms with Crippen LogP contribution in [0.5, 0.6) is 0 Å². The van der Waals surface area contributed by atoms with E-state index < -0.39 is 0 Å². The van der Waals surface area contributed by atoms with Crippen molar-refractivity contribution >= 4 is 11.8 Å². The number of halogens is 1. The minimum atomic E-state index is -0.227. The highest BCUT2D eigenvalue weighted by atomic mass is 32.2. The van der Waals surface area contributed by atoms with Crippen LogP contribution in [0.3, 0.4) is 0 Å². The number of nitrogens with two attached hydrogens (primary N) is 1. The molecule has 0 aliphatic carbocycles. The van der Waals surface area contributed by atoms with Gasteiger partial charge in [0.2, 0.25) is 0 Å². The highest BCUT2D eigenvalue weighted by Crippen LogP contribution is 2.27. The lowest BCUT2D eigenvalue weighted by molar-refractivity contribution is 0.624. The largest absolute Gasteiger partial charge is 0.323 e. The van der Waals surface area contributed by atoms with Crippen LogP contribution in [0.2, 0.25) is 0 Å². The fourth-order valence-corrected chi connectivity index (χ4v) is 2.22. The van der Waals surface area contributed by atoms with Crippen molar-refractivity contribution in [3.8, 4) is 0 Å². The third-order valence-corrected chi connectivity index (χ3v) is 3.22. The molecule has 0 saturated heterocycles. The topological polar surface area (TPSA) is 38.9 Å². The van der Waals surface area contributed by atoms with E-state index in [1.165, 1.54) is 23.9 Å². The van der Waals surface area contributed by atoms with E-state index in [-0.39, 0.29) is 11.9 Å². The first-order valence-corrected chi connectivity index (χ1v) is 6.12. The molecule has 0 bridgehead atoms. The Morgan fingerprint density at radius 1 is 1.24 bits per heavy atom. The van der Waals surface area contributed by atoms with Crippen molar-refractivity contribution in [1.29, 1.82) is 0 Å². The summed E-state index contributed by atoms with van der Waals surface area (Å²) >= 11 is 1.48. The van der Waals surface area contributed by atoms with Crippen LogP contribution in [0.1, 0.15) is 18.7 Å². The summed E-state index contributed by atoms with van der Waals surface area (Å²) in [6.45, 7) is 1.89. The van der Waals surface area contributed by atoms with Crippen molar-refractivity contribution in [1.82, 2.24) is 4.98 Å². The summed E-state index contributed by atoms with van der Waals surface area (Å²) in [6, 6.07) is 10.3. The number of rotatable bonds is 3. The second kappa shape index (κ2) is 5.29. The Labute approximate surface area is 104 Å². The molecule has 1 atom stereocenters. The van der Waals surface area contributed by atoms with Gasteiger partial charge in [-0.1, -0.05) is 17.8 Å². The summed E-state index contributed by atoms with van der Waals surface area (Å²) in [5.41, 5.74) is 6.57. The number of benzene rings is 1. The van der Waals surface area contributed by atoms with Gasteiger partial charge in [0.15, 0.2) is 0 Å². The molecular formula is C13H13FN2S. The lowest BCUT2D eigenvalue weighted by atomic mass is 10.2. The average molecular weight is 248 g/mol. The van der Waals surface area contributed by atoms with Crippen molar-refractivity contribution < 1.29 is 4.39 Å². The van der Waals surface area contributed by atoms with E-state index in [2.05, 4.69) is 4.98 Å². The van der Waals surface area contributed by atoms with Crippen molar-refractivity contribution in [2.24, 2.45) is 5.73 Å². The fraction of sp³-hybridized carbons (Fsp3) is 0.154. The third kappa shape index (κ3) is 3.28. The van der Waals surface area contributed by atoms with Crippen LogP contribution < -0.4 is 5.73 Å². The van der Waals surface area contributed by atoms with Crippen molar-refractivity contribution in [2.75, 3.05) is 0 Å². The Hall–Kier alpha value is -1.39. The zero-order valence-electron chi connectivity index (χ0n) is 9.43. The van der Waals surface area contributed by atoms with E-state index >= 15 is 0 Å². The fourth-order valence-electron chi connectivity index (χ4n) is 1.39. The summed E-state index contributed by atoms with van der Waals surface area (Å²) in [5, 5.41) is 0. The molecule has 17 heavy (non-hydrogen) atoms. The van der Waals surface area contributed by atoms with Crippen LogP contribution in [0.4, 0.5) is 4.39 Å². The molecule has 0 radical (unpaired) electrons. The molecular weight excluding hydrogens is 235 g/mol. The number of nitrogens with zero attached hydrogens (tertiary/aromatic N) is 1. The van der Waals surface area contributed by atoms with Gasteiger partial charge in [-0.2, -0.15) is 0 Å². The van der Waals surface area contributed by atoms with Gasteiger partial charge in [0.25, 0.3) is 0 Å². The van der Waals surface area contributed by atoms with E-state index in [0.717, 1.165) is 15.5 Å². The van der Waals surface area contributed by atoms with E-state index in [9.17, 15) is 4.39 Å². The number of hydrogen-bond acceptors (Lipinski definition) is 3. The Bertz CT molecular complexity index is 497. The molecule has 0 saturated carbocycles. The van der Waals surface area contributed by atoms with Crippen LogP contribution >= 0.6 is 11.8 Å². The van der Waals surface area contributed by atoms with Gasteiger partial charge in [0, 0.05) is 22.0 Å². The van der Waals surface area contributed by atoms with Gasteiger partial charge in [-0.15, -0.1) is 0 Å². The highest BCUT2D eigenvalue weighted by molar-refractivity contribution is 7.99. The van der Waals surface area contributed by atoms with Crippen LogP contribution in [-0.4, -0.2) is 4.98 Å². The predicted molar refractivity (Wildman–Crippen MR) is 67.4 cm³/mol. The number of hydrogen-bond donors (Lipinski definition) is 1. The molecule has 2 aromatic rings. The molecule has 2 rings (SSSR count). The Balaban J connectivity index is 2.14. The molecule has 0 aliphatic rings. The molecule has 0 fully saturated rings. The molecule has 1 aromatic heterocycles. The maximum Gasteiger partial charge on any atom is 0.124 e. The summed E-state index contributed by atoms with van der Waals surface area (Å²) in [7, 11) is 0. The number of aromatic nitrogens is 1. The summed E-state index contributed by atoms with van der Waals surface area (Å²) in [5.74, 6) is -0.227. The standard InChI is InChI=1S/C13H13FN2S/c1-9(15)13-6-5-12(8-16-13)17-11-4-2-3-10(14)7-11/h2-9H,15H2,1H3/t9-/m1/s1. The van der Waals surface area contributed by atoms with Crippen LogP contribution in [-0.2, 0) is 0 Å². The lowest BCUT2D eigenvalue weighted by Gasteiger charge is -2.05. The van der Waals surface area contributed by atoms with Crippen LogP contribution in [0, 0.1) is 5.82 Å². The molecule has 0 aliphatic heterocycles. The summed E-state index contributed by atoms with van der Waals surface area (Å²) in [6.07, 6.45) is 1.76. The Kier molecular flexibility index (Phi) is 3.76. The van der Waals surface area contributed by atoms with Gasteiger partial charge < -0.3 is 5.73 Å². The first kappa shape index (κ1) is 12.1. The van der Waals surface area contributed by atoms with Crippen molar-refractivity contribution in [3.63, 3.8) is 0 Å². The maximum absolute atomic E-state index is 13.0. The average Bonchev–Trinajstić information content (AvgIpc) is 2.29. The SMILES string of the molecule is C[C@@H](N)c1ccc(Sc2cccc(F)c2)cn1. The summed E-state index contributed by atoms with van der Waals surface area (Å²) in [4.78, 5) is 6.09. The first-order valence-electron chi connectivity index (χ1n) is 5.30. The molecule has 4 heteroatoms. The van der Waals surface area contributed by atoms with Gasteiger partial charge in [-0.3, -0.25) is 4.98 Å². The molecule has 88 valence electrons. The molecule has 2 N–H and O–H groups in total. The molecule has 0 spiro atoms. The smallest absolute Gasteiger partial charge is 0.124 e. The third-order valence-electron chi connectivity index (χ3n) is 2.26. The van der Waals surface area contributed by atoms with Gasteiger partial charge in [0.1, 0.15) is 5.82 Å². The molecule has 0 unspecified atom stereocenters. The molecule has 1 aromatic carbocycles. The van der Waals surface area contributed by atoms with Gasteiger partial charge >= 0.3 is 0 Å². The second-order valence-electron chi connectivity index (χ2n) is 3.77. The van der Waals surface area contributed by atoms with E-state index in [4.69, 9.17) is 5.73 Å². The van der Waals surface area contributed by atoms with Gasteiger partial charge in [-0.25, -0.2) is 4.39 Å². The second-order valence-corrected chi connectivity index (χ2v) is 4.91. The first-order chi connectivity index (χ1) is 8.15. The quantitative estimate of drug-likeness (QED) is 0.905. The molecule has 1 heterocycles. The summed E-state index contributed by atoms with van der Waals surface area (Å²) < 4.78 is 13.0. The normalized spacial score (nSPS) is 12.4. The van der Waals surface area contributed by atoms with Crippen molar-refractivity contribution in [3.05, 3.63) is 54.1 Å². The lowest BCUT2D eigenvalue weighted by Crippen LogP contribution is -2.06. The van der Waals surface area contributed by atoms with Gasteiger partial charge in [-0.05, 0) is 37.3 Å². The predicted octanol–water partition coefficient (Wildman–Crippen LogP) is 3.39. The minimum Gasteiger partial charge on any atom is -0.323 e. The monoisotopic (exact) mass is 248 g/mol. The van der Waals surface area contributed by atoms with E-state index in [0.29, 0.717) is 0 Å². The molecule has 2 nitrogen and oxygen atoms in total. The van der Waals surface area contributed by atoms with Gasteiger partial charge in [0.05, 0.1) is 5.69 Å². The molecule has 0 amide bonds. The Morgan fingerprint density at radius 3 is 2.65 bits per heavy atom. The maximum atomic E-state index is 13.0. The minimum absolute atomic E-state index is 0.0665. The number of pyridine rings is 1. The van der Waals surface area contributed by atoms with Crippen LogP contribution in [0.25, 0.3) is 0 Å². The van der Waals surface area contributed by atoms with E-state index in [1.807, 2.05) is 25.1 Å².